The summed E-state index contributed by atoms with van der Waals surface area (Å²) in [6, 6.07) is 22.2. The van der Waals surface area contributed by atoms with E-state index in [4.69, 9.17) is 26.6 Å². The Bertz CT molecular complexity index is 1200. The number of nitrogens with zero attached hydrogens (tertiary/aromatic N) is 1. The molecule has 1 aromatic heterocycles. The summed E-state index contributed by atoms with van der Waals surface area (Å²) in [5.74, 6) is 0.193. The minimum atomic E-state index is -0.503. The van der Waals surface area contributed by atoms with E-state index in [0.717, 1.165) is 22.2 Å². The Hall–Kier alpha value is -3.57. The van der Waals surface area contributed by atoms with Crippen LogP contribution in [0.15, 0.2) is 77.3 Å². The molecule has 0 aliphatic carbocycles. The van der Waals surface area contributed by atoms with E-state index in [1.807, 2.05) is 60.7 Å². The average Bonchev–Trinajstić information content (AvgIpc) is 3.17. The molecule has 4 rings (SSSR count). The molecule has 0 saturated carbocycles. The van der Waals surface area contributed by atoms with E-state index >= 15 is 0 Å². The molecule has 150 valence electrons. The van der Waals surface area contributed by atoms with Crippen molar-refractivity contribution in [2.75, 3.05) is 6.61 Å². The molecule has 0 unspecified atom stereocenters. The number of aromatic nitrogens is 1. The van der Waals surface area contributed by atoms with Gasteiger partial charge in [-0.05, 0) is 53.6 Å². The van der Waals surface area contributed by atoms with Crippen molar-refractivity contribution in [1.82, 2.24) is 5.16 Å². The first-order chi connectivity index (χ1) is 14.6. The number of fused-ring (bicyclic) bond motifs is 1. The fraction of sp³-hybridized carbons (Fsp3) is 0.0833. The zero-order valence-electron chi connectivity index (χ0n) is 16.0. The van der Waals surface area contributed by atoms with Crippen LogP contribution in [0.1, 0.15) is 16.8 Å². The minimum Gasteiger partial charge on any atom is -0.493 e. The minimum absolute atomic E-state index is 0.415. The summed E-state index contributed by atoms with van der Waals surface area (Å²) in [7, 11) is 0. The summed E-state index contributed by atoms with van der Waals surface area (Å²) in [4.78, 5) is 11.9. The van der Waals surface area contributed by atoms with Crippen LogP contribution in [0.4, 0.5) is 0 Å². The van der Waals surface area contributed by atoms with Crippen molar-refractivity contribution in [1.29, 1.82) is 0 Å². The molecule has 0 fully saturated rings. The van der Waals surface area contributed by atoms with Crippen LogP contribution in [0, 0.1) is 0 Å². The number of carbonyl (C=O) groups excluding carboxylic acids is 1. The highest BCUT2D eigenvalue weighted by Gasteiger charge is 2.10. The van der Waals surface area contributed by atoms with Crippen molar-refractivity contribution in [2.24, 2.45) is 5.73 Å². The van der Waals surface area contributed by atoms with Gasteiger partial charge in [0.05, 0.1) is 12.3 Å². The fourth-order valence-electron chi connectivity index (χ4n) is 3.14. The highest BCUT2D eigenvalue weighted by atomic mass is 35.5. The summed E-state index contributed by atoms with van der Waals surface area (Å²) in [6.45, 7) is 0.458. The molecule has 0 atom stereocenters. The van der Waals surface area contributed by atoms with E-state index in [0.29, 0.717) is 34.9 Å². The number of para-hydroxylation sites is 1. The van der Waals surface area contributed by atoms with Crippen LogP contribution in [0.25, 0.3) is 22.6 Å². The first kappa shape index (κ1) is 19.7. The molecule has 0 aliphatic rings. The van der Waals surface area contributed by atoms with Crippen LogP contribution in [0.2, 0.25) is 5.02 Å². The summed E-state index contributed by atoms with van der Waals surface area (Å²) in [5, 5.41) is 5.73. The first-order valence-electron chi connectivity index (χ1n) is 9.44. The Kier molecular flexibility index (Phi) is 5.82. The van der Waals surface area contributed by atoms with E-state index in [2.05, 4.69) is 5.16 Å². The van der Waals surface area contributed by atoms with Gasteiger partial charge < -0.3 is 15.0 Å². The van der Waals surface area contributed by atoms with Crippen molar-refractivity contribution >= 4 is 40.1 Å². The Morgan fingerprint density at radius 2 is 1.77 bits per heavy atom. The molecule has 0 bridgehead atoms. The highest BCUT2D eigenvalue weighted by molar-refractivity contribution is 6.30. The Balaban J connectivity index is 1.43. The van der Waals surface area contributed by atoms with Crippen molar-refractivity contribution in [3.05, 3.63) is 94.6 Å². The zero-order chi connectivity index (χ0) is 20.9. The van der Waals surface area contributed by atoms with E-state index < -0.39 is 5.91 Å². The van der Waals surface area contributed by atoms with Gasteiger partial charge in [0.15, 0.2) is 5.58 Å². The van der Waals surface area contributed by atoms with Gasteiger partial charge in [0.1, 0.15) is 5.75 Å². The van der Waals surface area contributed by atoms with Crippen LogP contribution in [-0.2, 0) is 11.2 Å². The smallest absolute Gasteiger partial charge is 0.249 e. The third-order valence-electron chi connectivity index (χ3n) is 4.67. The molecule has 1 heterocycles. The lowest BCUT2D eigenvalue weighted by Crippen LogP contribution is -2.12. The van der Waals surface area contributed by atoms with Crippen LogP contribution >= 0.6 is 11.6 Å². The maximum absolute atomic E-state index is 11.9. The van der Waals surface area contributed by atoms with Crippen molar-refractivity contribution in [3.8, 4) is 5.75 Å². The zero-order valence-corrected chi connectivity index (χ0v) is 16.8. The largest absolute Gasteiger partial charge is 0.493 e. The molecule has 0 spiro atoms. The van der Waals surface area contributed by atoms with Gasteiger partial charge in [-0.25, -0.2) is 0 Å². The van der Waals surface area contributed by atoms with Gasteiger partial charge in [0.2, 0.25) is 5.91 Å². The quantitative estimate of drug-likeness (QED) is 0.333. The topological polar surface area (TPSA) is 78.4 Å². The second kappa shape index (κ2) is 8.84. The monoisotopic (exact) mass is 418 g/mol. The van der Waals surface area contributed by atoms with Crippen LogP contribution in [0.3, 0.4) is 0 Å². The number of benzene rings is 3. The van der Waals surface area contributed by atoms with Crippen LogP contribution in [0.5, 0.6) is 5.75 Å². The maximum Gasteiger partial charge on any atom is 0.249 e. The van der Waals surface area contributed by atoms with E-state index in [1.54, 1.807) is 18.2 Å². The lowest BCUT2D eigenvalue weighted by molar-refractivity contribution is -0.112. The molecule has 1 amide bonds. The predicted molar refractivity (Wildman–Crippen MR) is 118 cm³/mol. The van der Waals surface area contributed by atoms with Gasteiger partial charge >= 0.3 is 0 Å². The fourth-order valence-corrected chi connectivity index (χ4v) is 3.26. The van der Waals surface area contributed by atoms with Crippen LogP contribution in [-0.4, -0.2) is 17.7 Å². The normalized spacial score (nSPS) is 11.6. The Labute approximate surface area is 178 Å². The number of rotatable bonds is 7. The number of primary amides is 1. The van der Waals surface area contributed by atoms with Crippen molar-refractivity contribution in [2.45, 2.75) is 6.42 Å². The summed E-state index contributed by atoms with van der Waals surface area (Å²) < 4.78 is 11.1. The number of hydrogen-bond donors (Lipinski definition) is 1. The lowest BCUT2D eigenvalue weighted by Gasteiger charge is -2.08. The molecule has 4 aromatic rings. The van der Waals surface area contributed by atoms with Crippen molar-refractivity contribution in [3.63, 3.8) is 0 Å². The molecule has 0 radical (unpaired) electrons. The number of hydrogen-bond acceptors (Lipinski definition) is 4. The second-order valence-electron chi connectivity index (χ2n) is 6.72. The van der Waals surface area contributed by atoms with E-state index in [-0.39, 0.29) is 0 Å². The number of ether oxygens (including phenoxy) is 1. The molecular formula is C24H19ClN2O3. The van der Waals surface area contributed by atoms with Gasteiger partial charge in [-0.2, -0.15) is 0 Å². The standard InChI is InChI=1S/C24H19ClN2O3/c25-18-9-5-16(6-10-18)15-21(24(26)28)17-7-11-19(12-8-17)29-14-13-22-20-3-1-2-4-23(20)30-27-22/h1-12,15H,13-14H2,(H2,26,28)/b21-15+. The number of carbonyl (C=O) groups is 1. The Morgan fingerprint density at radius 3 is 2.50 bits per heavy atom. The van der Waals surface area contributed by atoms with Gasteiger partial charge in [-0.1, -0.05) is 53.2 Å². The summed E-state index contributed by atoms with van der Waals surface area (Å²) in [5.41, 5.74) is 9.19. The molecule has 30 heavy (non-hydrogen) atoms. The van der Waals surface area contributed by atoms with E-state index in [1.165, 1.54) is 0 Å². The Morgan fingerprint density at radius 1 is 1.03 bits per heavy atom. The summed E-state index contributed by atoms with van der Waals surface area (Å²) in [6.07, 6.45) is 2.37. The van der Waals surface area contributed by atoms with Gasteiger partial charge in [-0.3, -0.25) is 4.79 Å². The molecular weight excluding hydrogens is 400 g/mol. The molecule has 3 aromatic carbocycles. The van der Waals surface area contributed by atoms with Gasteiger partial charge in [0, 0.05) is 22.4 Å². The first-order valence-corrected chi connectivity index (χ1v) is 9.81. The summed E-state index contributed by atoms with van der Waals surface area (Å²) >= 11 is 5.91. The molecule has 0 saturated heterocycles. The van der Waals surface area contributed by atoms with Gasteiger partial charge in [-0.15, -0.1) is 0 Å². The second-order valence-corrected chi connectivity index (χ2v) is 7.16. The number of nitrogens with two attached hydrogens (primary N) is 1. The maximum atomic E-state index is 11.9. The molecule has 5 nitrogen and oxygen atoms in total. The molecule has 0 aliphatic heterocycles. The SMILES string of the molecule is NC(=O)/C(=C/c1ccc(Cl)cc1)c1ccc(OCCc2noc3ccccc23)cc1. The lowest BCUT2D eigenvalue weighted by atomic mass is 10.0. The highest BCUT2D eigenvalue weighted by Crippen LogP contribution is 2.23. The predicted octanol–water partition coefficient (Wildman–Crippen LogP) is 5.13. The third kappa shape index (κ3) is 4.53. The van der Waals surface area contributed by atoms with E-state index in [9.17, 15) is 4.79 Å². The third-order valence-corrected chi connectivity index (χ3v) is 4.92. The number of amides is 1. The van der Waals surface area contributed by atoms with Gasteiger partial charge in [0.25, 0.3) is 0 Å². The molecule has 6 heteroatoms. The number of halogens is 1. The van der Waals surface area contributed by atoms with Crippen LogP contribution < -0.4 is 10.5 Å². The molecule has 2 N–H and O–H groups in total. The average molecular weight is 419 g/mol. The van der Waals surface area contributed by atoms with Crippen molar-refractivity contribution < 1.29 is 14.1 Å².